The van der Waals surface area contributed by atoms with Crippen molar-refractivity contribution in [2.45, 2.75) is 38.9 Å². The van der Waals surface area contributed by atoms with Gasteiger partial charge in [0.2, 0.25) is 10.0 Å². The van der Waals surface area contributed by atoms with E-state index in [-0.39, 0.29) is 17.9 Å². The predicted molar refractivity (Wildman–Crippen MR) is 114 cm³/mol. The molecule has 1 heterocycles. The van der Waals surface area contributed by atoms with Gasteiger partial charge in [0, 0.05) is 17.6 Å². The normalized spacial score (nSPS) is 12.0. The van der Waals surface area contributed by atoms with E-state index in [0.29, 0.717) is 17.9 Å². The largest absolute Gasteiger partial charge is 0.322 e. The minimum absolute atomic E-state index is 0.0689. The van der Waals surface area contributed by atoms with Crippen LogP contribution in [0.5, 0.6) is 0 Å². The van der Waals surface area contributed by atoms with Crippen molar-refractivity contribution in [1.29, 1.82) is 0 Å². The lowest BCUT2D eigenvalue weighted by Gasteiger charge is -2.09. The van der Waals surface area contributed by atoms with Gasteiger partial charge in [-0.2, -0.15) is 0 Å². The highest BCUT2D eigenvalue weighted by atomic mass is 32.2. The number of pyridine rings is 1. The Morgan fingerprint density at radius 2 is 1.86 bits per heavy atom. The summed E-state index contributed by atoms with van der Waals surface area (Å²) in [5, 5.41) is 0.961. The van der Waals surface area contributed by atoms with E-state index in [0.717, 1.165) is 22.0 Å². The smallest absolute Gasteiger partial charge is 0.251 e. The Morgan fingerprint density at radius 3 is 2.57 bits per heavy atom. The van der Waals surface area contributed by atoms with E-state index in [1.807, 2.05) is 43.3 Å². The Bertz CT molecular complexity index is 1150. The molecule has 0 fully saturated rings. The second-order valence-corrected chi connectivity index (χ2v) is 9.32. The molecule has 3 aromatic rings. The lowest BCUT2D eigenvalue weighted by molar-refractivity contribution is 0.580. The number of rotatable bonds is 7. The molecule has 0 spiro atoms. The first-order valence-electron chi connectivity index (χ1n) is 9.42. The van der Waals surface area contributed by atoms with Crippen LogP contribution in [0.1, 0.15) is 42.0 Å². The molecule has 0 aliphatic heterocycles. The molecule has 0 atom stereocenters. The number of hydrogen-bond donors (Lipinski definition) is 2. The summed E-state index contributed by atoms with van der Waals surface area (Å²) in [6.07, 6.45) is 0.338. The average Bonchev–Trinajstić information content (AvgIpc) is 2.61. The Balaban J connectivity index is 1.70. The van der Waals surface area contributed by atoms with Crippen LogP contribution in [0.3, 0.4) is 0 Å². The van der Waals surface area contributed by atoms with Crippen LogP contribution in [0, 0.1) is 6.92 Å². The molecule has 1 aromatic heterocycles. The number of aryl methyl sites for hydroxylation is 1. The molecule has 6 heteroatoms. The van der Waals surface area contributed by atoms with Crippen molar-refractivity contribution >= 4 is 20.9 Å². The SMILES string of the molecule is Cc1cccc(CS(=O)(=O)NCCc2cc3cc(C(C)C)ccc3[nH]c2=O)c1. The van der Waals surface area contributed by atoms with Gasteiger partial charge in [0.25, 0.3) is 5.56 Å². The molecule has 5 nitrogen and oxygen atoms in total. The zero-order valence-electron chi connectivity index (χ0n) is 16.5. The Hall–Kier alpha value is -2.44. The maximum Gasteiger partial charge on any atom is 0.251 e. The quantitative estimate of drug-likeness (QED) is 0.638. The van der Waals surface area contributed by atoms with Gasteiger partial charge in [-0.3, -0.25) is 4.79 Å². The van der Waals surface area contributed by atoms with E-state index in [9.17, 15) is 13.2 Å². The molecule has 2 N–H and O–H groups in total. The molecule has 3 rings (SSSR count). The summed E-state index contributed by atoms with van der Waals surface area (Å²) < 4.78 is 27.2. The van der Waals surface area contributed by atoms with Crippen molar-refractivity contribution < 1.29 is 8.42 Å². The number of aromatic amines is 1. The zero-order valence-corrected chi connectivity index (χ0v) is 17.3. The molecule has 0 amide bonds. The van der Waals surface area contributed by atoms with Crippen LogP contribution in [0.25, 0.3) is 10.9 Å². The van der Waals surface area contributed by atoms with Gasteiger partial charge in [0.15, 0.2) is 0 Å². The van der Waals surface area contributed by atoms with E-state index in [1.165, 1.54) is 5.56 Å². The number of benzene rings is 2. The molecule has 0 radical (unpaired) electrons. The lowest BCUT2D eigenvalue weighted by atomic mass is 10.0. The van der Waals surface area contributed by atoms with Crippen molar-refractivity contribution in [3.63, 3.8) is 0 Å². The first kappa shape index (κ1) is 20.3. The Labute approximate surface area is 165 Å². The van der Waals surface area contributed by atoms with Crippen molar-refractivity contribution in [2.24, 2.45) is 0 Å². The first-order valence-corrected chi connectivity index (χ1v) is 11.1. The van der Waals surface area contributed by atoms with Gasteiger partial charge in [0.1, 0.15) is 0 Å². The summed E-state index contributed by atoms with van der Waals surface area (Å²) >= 11 is 0. The molecule has 0 aliphatic carbocycles. The fourth-order valence-corrected chi connectivity index (χ4v) is 4.36. The summed E-state index contributed by atoms with van der Waals surface area (Å²) in [6, 6.07) is 15.3. The third-order valence-corrected chi connectivity index (χ3v) is 6.12. The monoisotopic (exact) mass is 398 g/mol. The van der Waals surface area contributed by atoms with Crippen LogP contribution in [0.4, 0.5) is 0 Å². The van der Waals surface area contributed by atoms with Crippen molar-refractivity contribution in [3.8, 4) is 0 Å². The summed E-state index contributed by atoms with van der Waals surface area (Å²) in [7, 11) is -3.46. The fourth-order valence-electron chi connectivity index (χ4n) is 3.23. The average molecular weight is 399 g/mol. The number of fused-ring (bicyclic) bond motifs is 1. The molecule has 28 heavy (non-hydrogen) atoms. The van der Waals surface area contributed by atoms with Crippen LogP contribution in [0.2, 0.25) is 0 Å². The van der Waals surface area contributed by atoms with E-state index in [4.69, 9.17) is 0 Å². The van der Waals surface area contributed by atoms with Gasteiger partial charge in [0.05, 0.1) is 5.75 Å². The predicted octanol–water partition coefficient (Wildman–Crippen LogP) is 3.62. The van der Waals surface area contributed by atoms with E-state index < -0.39 is 10.0 Å². The van der Waals surface area contributed by atoms with Crippen molar-refractivity contribution in [3.05, 3.63) is 81.1 Å². The molecule has 148 valence electrons. The number of aromatic nitrogens is 1. The minimum atomic E-state index is -3.46. The van der Waals surface area contributed by atoms with Gasteiger partial charge in [-0.1, -0.05) is 49.7 Å². The minimum Gasteiger partial charge on any atom is -0.322 e. The molecule has 0 saturated carbocycles. The summed E-state index contributed by atoms with van der Waals surface area (Å²) in [6.45, 7) is 6.36. The molecular formula is C22H26N2O3S. The molecular weight excluding hydrogens is 372 g/mol. The number of H-pyrrole nitrogens is 1. The van der Waals surface area contributed by atoms with Gasteiger partial charge in [-0.25, -0.2) is 13.1 Å². The second kappa shape index (κ2) is 8.29. The molecule has 0 saturated heterocycles. The van der Waals surface area contributed by atoms with Gasteiger partial charge >= 0.3 is 0 Å². The third-order valence-electron chi connectivity index (χ3n) is 4.77. The zero-order chi connectivity index (χ0) is 20.3. The van der Waals surface area contributed by atoms with Crippen molar-refractivity contribution in [2.75, 3.05) is 6.54 Å². The van der Waals surface area contributed by atoms with E-state index in [2.05, 4.69) is 29.6 Å². The highest BCUT2D eigenvalue weighted by Crippen LogP contribution is 2.20. The van der Waals surface area contributed by atoms with Gasteiger partial charge in [-0.05, 0) is 54.0 Å². The summed E-state index contributed by atoms with van der Waals surface area (Å²) in [5.41, 5.74) is 4.16. The number of nitrogens with one attached hydrogen (secondary N) is 2. The topological polar surface area (TPSA) is 79.0 Å². The standard InChI is InChI=1S/C22H26N2O3S/c1-15(2)18-7-8-21-20(12-18)13-19(22(25)24-21)9-10-23-28(26,27)14-17-6-4-5-16(3)11-17/h4-8,11-13,15,23H,9-10,14H2,1-3H3,(H,24,25). The molecule has 0 bridgehead atoms. The summed E-state index contributed by atoms with van der Waals surface area (Å²) in [4.78, 5) is 15.2. The molecule has 0 unspecified atom stereocenters. The lowest BCUT2D eigenvalue weighted by Crippen LogP contribution is -2.28. The van der Waals surface area contributed by atoms with Gasteiger partial charge in [-0.15, -0.1) is 0 Å². The Kier molecular flexibility index (Phi) is 6.01. The Morgan fingerprint density at radius 1 is 1.07 bits per heavy atom. The van der Waals surface area contributed by atoms with Crippen LogP contribution in [0.15, 0.2) is 53.3 Å². The van der Waals surface area contributed by atoms with Crippen LogP contribution < -0.4 is 10.3 Å². The maximum atomic E-state index is 12.3. The van der Waals surface area contributed by atoms with E-state index >= 15 is 0 Å². The van der Waals surface area contributed by atoms with Crippen LogP contribution >= 0.6 is 0 Å². The maximum absolute atomic E-state index is 12.3. The number of sulfonamides is 1. The van der Waals surface area contributed by atoms with E-state index in [1.54, 1.807) is 6.07 Å². The highest BCUT2D eigenvalue weighted by molar-refractivity contribution is 7.88. The van der Waals surface area contributed by atoms with Gasteiger partial charge < -0.3 is 4.98 Å². The number of hydrogen-bond acceptors (Lipinski definition) is 3. The molecule has 0 aliphatic rings. The van der Waals surface area contributed by atoms with Crippen LogP contribution in [-0.2, 0) is 22.2 Å². The third kappa shape index (κ3) is 5.09. The fraction of sp³-hybridized carbons (Fsp3) is 0.318. The second-order valence-electron chi connectivity index (χ2n) is 7.52. The van der Waals surface area contributed by atoms with Crippen molar-refractivity contribution in [1.82, 2.24) is 9.71 Å². The highest BCUT2D eigenvalue weighted by Gasteiger charge is 2.12. The first-order chi connectivity index (χ1) is 13.2. The summed E-state index contributed by atoms with van der Waals surface area (Å²) in [5.74, 6) is 0.328. The molecule has 2 aromatic carbocycles. The van der Waals surface area contributed by atoms with Crippen LogP contribution in [-0.4, -0.2) is 19.9 Å².